The third kappa shape index (κ3) is 16.6. The average molecular weight is 935 g/mol. The number of alkyl halides is 3. The van der Waals surface area contributed by atoms with Gasteiger partial charge in [-0.2, -0.15) is 49.1 Å². The molecule has 1 atom stereocenters. The average Bonchev–Trinajstić information content (AvgIpc) is 3.92. The van der Waals surface area contributed by atoms with E-state index in [-0.39, 0.29) is 83.3 Å². The van der Waals surface area contributed by atoms with Crippen LogP contribution in [0.4, 0.5) is 13.2 Å². The van der Waals surface area contributed by atoms with Gasteiger partial charge in [0.25, 0.3) is 17.7 Å². The zero-order valence-corrected chi connectivity index (χ0v) is 38.3. The molecule has 296 valence electrons. The number of hydrogen-bond donors (Lipinski definition) is 3. The molecule has 3 heterocycles. The minimum absolute atomic E-state index is 0. The Hall–Kier alpha value is -3.09. The number of ether oxygens (including phenoxy) is 1. The number of nitrogens with one attached hydrogen (secondary N) is 2. The zero-order valence-electron chi connectivity index (χ0n) is 34.3. The van der Waals surface area contributed by atoms with Gasteiger partial charge < -0.3 is 35.0 Å². The Morgan fingerprint density at radius 2 is 1.16 bits per heavy atom. The zero-order chi connectivity index (χ0) is 39.7. The third-order valence-electron chi connectivity index (χ3n) is 7.85. The Kier molecular flexibility index (Phi) is 25.4. The maximum atomic E-state index is 12.6. The number of carbonyl (C=O) groups is 3. The van der Waals surface area contributed by atoms with Crippen LogP contribution in [-0.2, 0) is 16.6 Å². The normalized spacial score (nSPS) is 15.1. The van der Waals surface area contributed by atoms with E-state index in [2.05, 4.69) is 58.6 Å². The van der Waals surface area contributed by atoms with E-state index in [1.165, 1.54) is 24.0 Å². The van der Waals surface area contributed by atoms with Crippen molar-refractivity contribution in [2.75, 3.05) is 13.2 Å². The molecule has 0 saturated carbocycles. The Morgan fingerprint density at radius 3 is 1.56 bits per heavy atom. The number of rotatable bonds is 1. The van der Waals surface area contributed by atoms with Gasteiger partial charge >= 0.3 is 52.3 Å². The molecule has 1 saturated heterocycles. The van der Waals surface area contributed by atoms with Gasteiger partial charge in [0.15, 0.2) is 5.72 Å². The molecule has 1 unspecified atom stereocenters. The number of halogens is 5. The Bertz CT molecular complexity index is 1920. The summed E-state index contributed by atoms with van der Waals surface area (Å²) in [6.07, 6.45) is -1.89. The Labute approximate surface area is 386 Å². The second kappa shape index (κ2) is 26.8. The fourth-order valence-electron chi connectivity index (χ4n) is 5.05. The van der Waals surface area contributed by atoms with Crippen LogP contribution in [0.15, 0.2) is 126 Å². The third-order valence-corrected chi connectivity index (χ3v) is 8.38. The Morgan fingerprint density at radius 1 is 0.702 bits per heavy atom. The van der Waals surface area contributed by atoms with Gasteiger partial charge in [-0.05, 0) is 62.2 Å². The summed E-state index contributed by atoms with van der Waals surface area (Å²) in [6.45, 7) is 10.1. The smallest absolute Gasteiger partial charge is 1.00 e. The molecule has 14 heteroatoms. The van der Waals surface area contributed by atoms with Crippen LogP contribution < -0.4 is 27.6 Å². The van der Waals surface area contributed by atoms with Gasteiger partial charge in [0.1, 0.15) is 0 Å². The number of hydrogen-bond acceptors (Lipinski definition) is 5. The van der Waals surface area contributed by atoms with E-state index in [0.717, 1.165) is 42.0 Å². The molecule has 3 aliphatic heterocycles. The summed E-state index contributed by atoms with van der Waals surface area (Å²) in [5, 5.41) is 15.3. The summed E-state index contributed by atoms with van der Waals surface area (Å²) in [6, 6.07) is 36.2. The minimum Gasteiger partial charge on any atom is -1.00 e. The van der Waals surface area contributed by atoms with E-state index in [9.17, 15) is 32.7 Å². The molecule has 7 nitrogen and oxygen atoms in total. The molecule has 0 radical (unpaired) electrons. The van der Waals surface area contributed by atoms with E-state index in [0.29, 0.717) is 22.3 Å². The number of aryl methyl sites for hydroxylation is 2. The van der Waals surface area contributed by atoms with Crippen molar-refractivity contribution < 1.29 is 57.2 Å². The first-order chi connectivity index (χ1) is 25.8. The molecule has 3 aliphatic rings. The van der Waals surface area contributed by atoms with Crippen molar-refractivity contribution in [3.05, 3.63) is 176 Å². The summed E-state index contributed by atoms with van der Waals surface area (Å²) < 4.78 is 43.8. The van der Waals surface area contributed by atoms with Gasteiger partial charge in [-0.25, -0.2) is 0 Å². The van der Waals surface area contributed by atoms with Crippen LogP contribution >= 0.6 is 15.9 Å². The van der Waals surface area contributed by atoms with Crippen molar-refractivity contribution in [3.8, 4) is 0 Å². The largest absolute Gasteiger partial charge is 2.00 e. The number of fused-ring (bicyclic) bond motifs is 2. The van der Waals surface area contributed by atoms with Gasteiger partial charge in [0, 0.05) is 34.4 Å². The number of imide groups is 1. The molecule has 0 aliphatic carbocycles. The van der Waals surface area contributed by atoms with E-state index in [1.807, 2.05) is 50.2 Å². The van der Waals surface area contributed by atoms with Crippen LogP contribution in [-0.4, -0.2) is 82.1 Å². The maximum absolute atomic E-state index is 12.6. The summed E-state index contributed by atoms with van der Waals surface area (Å²) in [5.74, 6) is -1.07. The van der Waals surface area contributed by atoms with Gasteiger partial charge in [-0.15, -0.1) is 0 Å². The van der Waals surface area contributed by atoms with E-state index >= 15 is 0 Å². The van der Waals surface area contributed by atoms with E-state index < -0.39 is 23.4 Å². The van der Waals surface area contributed by atoms with Crippen LogP contribution in [0.25, 0.3) is 0 Å². The second-order valence-corrected chi connectivity index (χ2v) is 12.7. The quantitative estimate of drug-likeness (QED) is 0.108. The van der Waals surface area contributed by atoms with Crippen molar-refractivity contribution >= 4 is 79.8 Å². The molecule has 3 amide bonds. The first-order valence-corrected chi connectivity index (χ1v) is 18.1. The molecular weight excluding hydrogens is 890 g/mol. The summed E-state index contributed by atoms with van der Waals surface area (Å²) in [7, 11) is 0. The van der Waals surface area contributed by atoms with Crippen LogP contribution in [0.3, 0.4) is 0 Å². The SMILES string of the molecule is C1CCOC1.CC.Cc1cc[c-]cc1.Cc1ccc(Br)cc1.O=C1NC(=O)c2ccccc21.O=C1NC(O)(c2ccc(C(F)(F)F)cc2)c2ccccc21.[Br-].[H-].[H-].[Mg+2].[Mg+2]. The molecule has 8 rings (SSSR count). The number of aliphatic hydroxyl groups is 1. The van der Waals surface area contributed by atoms with Crippen molar-refractivity contribution in [1.29, 1.82) is 0 Å². The van der Waals surface area contributed by atoms with Crippen LogP contribution in [0.2, 0.25) is 0 Å². The van der Waals surface area contributed by atoms with Crippen LogP contribution in [0.5, 0.6) is 0 Å². The maximum Gasteiger partial charge on any atom is 2.00 e. The summed E-state index contributed by atoms with van der Waals surface area (Å²) >= 11 is 3.35. The molecule has 57 heavy (non-hydrogen) atoms. The summed E-state index contributed by atoms with van der Waals surface area (Å²) in [5.41, 5.74) is 1.72. The fraction of sp³-hybridized carbons (Fsp3) is 0.233. The van der Waals surface area contributed by atoms with Crippen molar-refractivity contribution in [1.82, 2.24) is 10.6 Å². The van der Waals surface area contributed by atoms with Crippen LogP contribution in [0, 0.1) is 19.9 Å². The first kappa shape index (κ1) is 53.9. The minimum atomic E-state index is -4.45. The second-order valence-electron chi connectivity index (χ2n) is 11.8. The number of benzene rings is 5. The molecule has 5 aromatic carbocycles. The monoisotopic (exact) mass is 932 g/mol. The number of amides is 3. The van der Waals surface area contributed by atoms with Crippen molar-refractivity contribution in [3.63, 3.8) is 0 Å². The summed E-state index contributed by atoms with van der Waals surface area (Å²) in [4.78, 5) is 33.7. The van der Waals surface area contributed by atoms with Crippen molar-refractivity contribution in [2.24, 2.45) is 0 Å². The molecule has 0 aromatic heterocycles. The molecule has 0 spiro atoms. The predicted molar refractivity (Wildman–Crippen MR) is 221 cm³/mol. The molecule has 0 bridgehead atoms. The topological polar surface area (TPSA) is 105 Å². The van der Waals surface area contributed by atoms with Crippen LogP contribution in [0.1, 0.15) is 88.4 Å². The van der Waals surface area contributed by atoms with E-state index in [1.54, 1.807) is 48.5 Å². The van der Waals surface area contributed by atoms with Gasteiger partial charge in [-0.1, -0.05) is 96.9 Å². The molecule has 3 N–H and O–H groups in total. The fourth-order valence-corrected chi connectivity index (χ4v) is 5.32. The van der Waals surface area contributed by atoms with Gasteiger partial charge in [0.05, 0.1) is 16.7 Å². The van der Waals surface area contributed by atoms with Crippen molar-refractivity contribution in [2.45, 2.75) is 52.4 Å². The van der Waals surface area contributed by atoms with Gasteiger partial charge in [-0.3, -0.25) is 19.7 Å². The number of carbonyl (C=O) groups excluding carboxylic acids is 3. The Balaban J connectivity index is -0.000000704. The molecule has 1 fully saturated rings. The van der Waals surface area contributed by atoms with E-state index in [4.69, 9.17) is 4.74 Å². The van der Waals surface area contributed by atoms with Gasteiger partial charge in [0.2, 0.25) is 0 Å². The first-order valence-electron chi connectivity index (χ1n) is 17.3. The predicted octanol–water partition coefficient (Wildman–Crippen LogP) is 6.06. The molecular formula is C43H45Br2F3Mg2N2O5. The standard InChI is InChI=1S/C15H10F3NO2.C8H5NO2.C7H7Br.C7H7.C4H8O.C2H6.BrH.2Mg.2H/c16-15(17,18)10-7-5-9(6-8-10)14(21)12-4-2-1-3-11(12)13(20)19-14;10-7-5-3-1-2-4-6(5)8(11)9-7;1-6-2-4-7(8)5-3-6;1-7-5-3-2-4-6-7;1-2-4-5-3-1;1-2;;;;;/h1-8,21H,(H,19,20);1-4H,(H,9,10,11);2-5H,1H3;3-6H,1H3;1-4H2;1-2H3;1H;;;;/q;;;-1;;;;2*+2;2*-1/p-1. The molecule has 5 aromatic rings.